The first-order valence-electron chi connectivity index (χ1n) is 11.1. The van der Waals surface area contributed by atoms with Crippen molar-refractivity contribution >= 4 is 40.9 Å². The van der Waals surface area contributed by atoms with Crippen LogP contribution in [-0.2, 0) is 11.3 Å². The van der Waals surface area contributed by atoms with Gasteiger partial charge in [-0.25, -0.2) is 4.39 Å². The van der Waals surface area contributed by atoms with Crippen LogP contribution in [0.4, 0.5) is 10.1 Å². The molecule has 0 aliphatic rings. The number of para-hydroxylation sites is 1. The molecule has 0 saturated carbocycles. The van der Waals surface area contributed by atoms with Gasteiger partial charge in [-0.2, -0.15) is 0 Å². The number of benzene rings is 2. The Hall–Kier alpha value is -3.17. The fraction of sp³-hybridized carbons (Fsp3) is 0.280. The average Bonchev–Trinajstić information content (AvgIpc) is 3.21. The molecule has 0 fully saturated rings. The number of hydrogen-bond acceptors (Lipinski definition) is 5. The number of nitrogens with zero attached hydrogens (tertiary/aromatic N) is 3. The summed E-state index contributed by atoms with van der Waals surface area (Å²) in [5.74, 6) is -0.383. The van der Waals surface area contributed by atoms with Gasteiger partial charge in [-0.1, -0.05) is 67.6 Å². The summed E-state index contributed by atoms with van der Waals surface area (Å²) in [7, 11) is 0. The zero-order valence-corrected chi connectivity index (χ0v) is 21.1. The van der Waals surface area contributed by atoms with Crippen LogP contribution >= 0.6 is 23.4 Å². The van der Waals surface area contributed by atoms with Gasteiger partial charge < -0.3 is 15.2 Å². The molecular formula is C25H27ClFN5O2S. The third kappa shape index (κ3) is 7.16. The van der Waals surface area contributed by atoms with Crippen LogP contribution in [0.1, 0.15) is 42.5 Å². The summed E-state index contributed by atoms with van der Waals surface area (Å²) in [5.41, 5.74) is 0.489. The summed E-state index contributed by atoms with van der Waals surface area (Å²) in [6.45, 7) is 8.29. The number of anilines is 1. The minimum Gasteiger partial charge on any atom is -0.342 e. The fourth-order valence-corrected chi connectivity index (χ4v) is 4.40. The van der Waals surface area contributed by atoms with Crippen LogP contribution in [0, 0.1) is 11.7 Å². The molecule has 0 aliphatic carbocycles. The van der Waals surface area contributed by atoms with Crippen LogP contribution in [-0.4, -0.2) is 32.3 Å². The molecule has 2 aromatic carbocycles. The maximum Gasteiger partial charge on any atom is 0.253 e. The highest BCUT2D eigenvalue weighted by atomic mass is 35.5. The minimum absolute atomic E-state index is 0.00440. The lowest BCUT2D eigenvalue weighted by atomic mass is 10.0. The van der Waals surface area contributed by atoms with E-state index in [0.29, 0.717) is 34.5 Å². The molecular weight excluding hydrogens is 489 g/mol. The molecule has 1 heterocycles. The Labute approximate surface area is 213 Å². The second-order valence-corrected chi connectivity index (χ2v) is 9.54. The van der Waals surface area contributed by atoms with E-state index in [1.807, 2.05) is 18.4 Å². The second kappa shape index (κ2) is 12.5. The standard InChI is InChI=1S/C25H27ClFN5O2S/c1-4-13-32-23(21(14-16(2)3)29-24(34)17-9-5-6-10-18(17)26)30-31-25(32)35-15-22(33)28-20-12-8-7-11-19(20)27/h4-12,16,21H,1,13-15H2,2-3H3,(H,28,33)(H,29,34)/t21-/m0/s1. The Morgan fingerprint density at radius 3 is 2.57 bits per heavy atom. The van der Waals surface area contributed by atoms with E-state index in [9.17, 15) is 14.0 Å². The molecule has 1 atom stereocenters. The smallest absolute Gasteiger partial charge is 0.253 e. The molecule has 35 heavy (non-hydrogen) atoms. The van der Waals surface area contributed by atoms with E-state index < -0.39 is 11.9 Å². The number of aromatic nitrogens is 3. The molecule has 0 radical (unpaired) electrons. The molecule has 2 amide bonds. The number of rotatable bonds is 11. The van der Waals surface area contributed by atoms with Crippen molar-refractivity contribution in [3.63, 3.8) is 0 Å². The molecule has 1 aromatic heterocycles. The Bertz CT molecular complexity index is 1200. The van der Waals surface area contributed by atoms with Crippen molar-refractivity contribution in [3.8, 4) is 0 Å². The second-order valence-electron chi connectivity index (χ2n) is 8.19. The summed E-state index contributed by atoms with van der Waals surface area (Å²) >= 11 is 7.37. The summed E-state index contributed by atoms with van der Waals surface area (Å²) in [6, 6.07) is 12.4. The topological polar surface area (TPSA) is 88.9 Å². The summed E-state index contributed by atoms with van der Waals surface area (Å²) in [5, 5.41) is 15.0. The Morgan fingerprint density at radius 2 is 1.89 bits per heavy atom. The van der Waals surface area contributed by atoms with Crippen LogP contribution in [0.15, 0.2) is 66.3 Å². The van der Waals surface area contributed by atoms with Crippen molar-refractivity contribution in [1.29, 1.82) is 0 Å². The van der Waals surface area contributed by atoms with Crippen molar-refractivity contribution in [2.45, 2.75) is 38.0 Å². The van der Waals surface area contributed by atoms with E-state index in [0.717, 1.165) is 0 Å². The Kier molecular flexibility index (Phi) is 9.45. The molecule has 2 N–H and O–H groups in total. The van der Waals surface area contributed by atoms with E-state index >= 15 is 0 Å². The van der Waals surface area contributed by atoms with Gasteiger partial charge in [-0.05, 0) is 36.6 Å². The largest absolute Gasteiger partial charge is 0.342 e. The number of thioether (sulfide) groups is 1. The zero-order valence-electron chi connectivity index (χ0n) is 19.5. The van der Waals surface area contributed by atoms with Crippen molar-refractivity contribution in [2.24, 2.45) is 5.92 Å². The van der Waals surface area contributed by atoms with Crippen LogP contribution in [0.5, 0.6) is 0 Å². The lowest BCUT2D eigenvalue weighted by Crippen LogP contribution is -2.32. The van der Waals surface area contributed by atoms with Crippen LogP contribution < -0.4 is 10.6 Å². The molecule has 184 valence electrons. The third-order valence-corrected chi connectivity index (χ3v) is 6.28. The number of carbonyl (C=O) groups excluding carboxylic acids is 2. The lowest BCUT2D eigenvalue weighted by Gasteiger charge is -2.21. The van der Waals surface area contributed by atoms with Gasteiger partial charge in [0, 0.05) is 6.54 Å². The van der Waals surface area contributed by atoms with E-state index in [4.69, 9.17) is 11.6 Å². The summed E-state index contributed by atoms with van der Waals surface area (Å²) < 4.78 is 15.6. The molecule has 0 unspecified atom stereocenters. The molecule has 10 heteroatoms. The number of carbonyl (C=O) groups is 2. The zero-order chi connectivity index (χ0) is 25.4. The van der Waals surface area contributed by atoms with Gasteiger partial charge in [-0.15, -0.1) is 16.8 Å². The number of amides is 2. The summed E-state index contributed by atoms with van der Waals surface area (Å²) in [4.78, 5) is 25.3. The van der Waals surface area contributed by atoms with Crippen LogP contribution in [0.2, 0.25) is 5.02 Å². The maximum atomic E-state index is 13.8. The monoisotopic (exact) mass is 515 g/mol. The third-order valence-electron chi connectivity index (χ3n) is 4.98. The first-order chi connectivity index (χ1) is 16.8. The van der Waals surface area contributed by atoms with Crippen molar-refractivity contribution in [3.05, 3.63) is 83.4 Å². The highest BCUT2D eigenvalue weighted by molar-refractivity contribution is 7.99. The number of nitrogens with one attached hydrogen (secondary N) is 2. The molecule has 7 nitrogen and oxygen atoms in total. The highest BCUT2D eigenvalue weighted by Gasteiger charge is 2.25. The fourth-order valence-electron chi connectivity index (χ4n) is 3.43. The van der Waals surface area contributed by atoms with Crippen molar-refractivity contribution < 1.29 is 14.0 Å². The predicted octanol–water partition coefficient (Wildman–Crippen LogP) is 5.50. The predicted molar refractivity (Wildman–Crippen MR) is 137 cm³/mol. The van der Waals surface area contributed by atoms with Gasteiger partial charge in [0.2, 0.25) is 5.91 Å². The van der Waals surface area contributed by atoms with E-state index in [1.54, 1.807) is 42.5 Å². The van der Waals surface area contributed by atoms with E-state index in [1.165, 1.54) is 23.9 Å². The van der Waals surface area contributed by atoms with E-state index in [-0.39, 0.29) is 29.2 Å². The lowest BCUT2D eigenvalue weighted by molar-refractivity contribution is -0.113. The first-order valence-corrected chi connectivity index (χ1v) is 12.4. The van der Waals surface area contributed by atoms with Gasteiger partial charge in [-0.3, -0.25) is 9.59 Å². The normalized spacial score (nSPS) is 11.8. The SMILES string of the molecule is C=CCn1c(SCC(=O)Nc2ccccc2F)nnc1[C@H](CC(C)C)NC(=O)c1ccccc1Cl. The van der Waals surface area contributed by atoms with Crippen LogP contribution in [0.25, 0.3) is 0 Å². The highest BCUT2D eigenvalue weighted by Crippen LogP contribution is 2.26. The van der Waals surface area contributed by atoms with Gasteiger partial charge in [0.15, 0.2) is 11.0 Å². The molecule has 0 spiro atoms. The quantitative estimate of drug-likeness (QED) is 0.260. The molecule has 3 aromatic rings. The molecule has 3 rings (SSSR count). The molecule has 0 aliphatic heterocycles. The maximum absolute atomic E-state index is 13.8. The number of allylic oxidation sites excluding steroid dienone is 1. The Morgan fingerprint density at radius 1 is 1.17 bits per heavy atom. The van der Waals surface area contributed by atoms with E-state index in [2.05, 4.69) is 27.4 Å². The number of hydrogen-bond donors (Lipinski definition) is 2. The Balaban J connectivity index is 1.78. The average molecular weight is 516 g/mol. The summed E-state index contributed by atoms with van der Waals surface area (Å²) in [6.07, 6.45) is 2.31. The first kappa shape index (κ1) is 26.4. The van der Waals surface area contributed by atoms with Gasteiger partial charge in [0.1, 0.15) is 5.82 Å². The minimum atomic E-state index is -0.506. The van der Waals surface area contributed by atoms with Crippen molar-refractivity contribution in [2.75, 3.05) is 11.1 Å². The van der Waals surface area contributed by atoms with Gasteiger partial charge in [0.05, 0.1) is 28.1 Å². The number of halogens is 2. The van der Waals surface area contributed by atoms with Crippen LogP contribution in [0.3, 0.4) is 0 Å². The molecule has 0 bridgehead atoms. The van der Waals surface area contributed by atoms with Crippen molar-refractivity contribution in [1.82, 2.24) is 20.1 Å². The molecule has 0 saturated heterocycles. The van der Waals surface area contributed by atoms with Gasteiger partial charge >= 0.3 is 0 Å². The van der Waals surface area contributed by atoms with Gasteiger partial charge in [0.25, 0.3) is 5.91 Å².